The molecule has 0 amide bonds. The third-order valence-electron chi connectivity index (χ3n) is 5.25. The average molecular weight is 421 g/mol. The monoisotopic (exact) mass is 420 g/mol. The Hall–Kier alpha value is -2.03. The number of aryl methyl sites for hydroxylation is 1. The summed E-state index contributed by atoms with van der Waals surface area (Å²) in [6.07, 6.45) is 1.69. The molecule has 0 aliphatic carbocycles. The third kappa shape index (κ3) is 5.12. The molecule has 158 valence electrons. The molecule has 1 fully saturated rings. The van der Waals surface area contributed by atoms with Crippen LogP contribution in [0.1, 0.15) is 44.0 Å². The number of aromatic nitrogens is 1. The van der Waals surface area contributed by atoms with Crippen molar-refractivity contribution in [2.24, 2.45) is 0 Å². The van der Waals surface area contributed by atoms with Crippen LogP contribution in [-0.4, -0.2) is 48.2 Å². The van der Waals surface area contributed by atoms with E-state index in [-0.39, 0.29) is 11.7 Å². The molecule has 1 atom stereocenters. The van der Waals surface area contributed by atoms with Crippen molar-refractivity contribution in [2.75, 3.05) is 31.5 Å². The van der Waals surface area contributed by atoms with E-state index >= 15 is 0 Å². The van der Waals surface area contributed by atoms with Crippen molar-refractivity contribution in [2.45, 2.75) is 39.5 Å². The van der Waals surface area contributed by atoms with Crippen LogP contribution in [0.4, 0.5) is 15.8 Å². The molecule has 0 bridgehead atoms. The summed E-state index contributed by atoms with van der Waals surface area (Å²) in [6, 6.07) is 10.1. The highest BCUT2D eigenvalue weighted by atomic mass is 32.2. The van der Waals surface area contributed by atoms with Gasteiger partial charge < -0.3 is 5.32 Å². The van der Waals surface area contributed by atoms with Gasteiger partial charge in [-0.15, -0.1) is 0 Å². The van der Waals surface area contributed by atoms with E-state index < -0.39 is 10.2 Å². The number of halogens is 1. The molecule has 6 nitrogen and oxygen atoms in total. The highest BCUT2D eigenvalue weighted by Gasteiger charge is 2.33. The molecule has 1 aromatic heterocycles. The van der Waals surface area contributed by atoms with Crippen molar-refractivity contribution in [3.63, 3.8) is 0 Å². The van der Waals surface area contributed by atoms with E-state index in [1.807, 2.05) is 32.9 Å². The Kier molecular flexibility index (Phi) is 6.87. The maximum atomic E-state index is 13.5. The van der Waals surface area contributed by atoms with E-state index in [1.54, 1.807) is 16.4 Å². The van der Waals surface area contributed by atoms with Gasteiger partial charge in [-0.05, 0) is 50.1 Å². The maximum absolute atomic E-state index is 13.5. The topological polar surface area (TPSA) is 65.5 Å². The molecule has 1 aliphatic rings. The van der Waals surface area contributed by atoms with Crippen LogP contribution >= 0.6 is 0 Å². The molecular formula is C21H29FN4O2S. The Labute approximate surface area is 172 Å². The molecule has 1 unspecified atom stereocenters. The fourth-order valence-electron chi connectivity index (χ4n) is 3.82. The van der Waals surface area contributed by atoms with Crippen LogP contribution in [0, 0.1) is 12.7 Å². The summed E-state index contributed by atoms with van der Waals surface area (Å²) in [6.45, 7) is 7.51. The number of pyridine rings is 1. The molecule has 1 aliphatic heterocycles. The summed E-state index contributed by atoms with van der Waals surface area (Å²) in [5.41, 5.74) is 3.19. The minimum Gasteiger partial charge on any atom is -0.355 e. The zero-order valence-corrected chi connectivity index (χ0v) is 18.0. The van der Waals surface area contributed by atoms with Gasteiger partial charge in [0.2, 0.25) is 0 Å². The largest absolute Gasteiger partial charge is 0.355 e. The second kappa shape index (κ2) is 9.19. The molecule has 2 aromatic rings. The second-order valence-corrected chi connectivity index (χ2v) is 9.28. The van der Waals surface area contributed by atoms with E-state index in [0.29, 0.717) is 31.9 Å². The van der Waals surface area contributed by atoms with Crippen LogP contribution in [0.5, 0.6) is 0 Å². The minimum absolute atomic E-state index is 0.0297. The molecule has 29 heavy (non-hydrogen) atoms. The Balaban J connectivity index is 1.82. The number of benzene rings is 1. The molecule has 0 spiro atoms. The van der Waals surface area contributed by atoms with E-state index in [4.69, 9.17) is 0 Å². The van der Waals surface area contributed by atoms with Crippen LogP contribution in [0.25, 0.3) is 0 Å². The van der Waals surface area contributed by atoms with Crippen molar-refractivity contribution >= 4 is 21.6 Å². The Morgan fingerprint density at radius 1 is 1.21 bits per heavy atom. The van der Waals surface area contributed by atoms with E-state index in [1.165, 1.54) is 16.4 Å². The summed E-state index contributed by atoms with van der Waals surface area (Å²) >= 11 is 0. The molecule has 0 radical (unpaired) electrons. The first-order chi connectivity index (χ1) is 13.8. The number of hydrogen-bond acceptors (Lipinski definition) is 4. The molecule has 3 rings (SSSR count). The number of nitrogens with zero attached hydrogens (tertiary/aromatic N) is 3. The number of hydrogen-bond donors (Lipinski definition) is 1. The van der Waals surface area contributed by atoms with Gasteiger partial charge in [0.15, 0.2) is 0 Å². The zero-order chi connectivity index (χ0) is 21.0. The van der Waals surface area contributed by atoms with Crippen molar-refractivity contribution in [1.82, 2.24) is 13.6 Å². The predicted molar refractivity (Wildman–Crippen MR) is 114 cm³/mol. The molecular weight excluding hydrogens is 391 g/mol. The molecule has 8 heteroatoms. The SMILES string of the molecule is CCN(CC)S(=O)(=O)N1CCCC(c2cc(Nc3cccc(F)c3)cc(C)n2)C1. The van der Waals surface area contributed by atoms with Crippen molar-refractivity contribution < 1.29 is 12.8 Å². The van der Waals surface area contributed by atoms with Gasteiger partial charge in [-0.2, -0.15) is 17.0 Å². The number of anilines is 2. The first-order valence-electron chi connectivity index (χ1n) is 10.1. The van der Waals surface area contributed by atoms with Gasteiger partial charge in [0, 0.05) is 54.9 Å². The average Bonchev–Trinajstić information content (AvgIpc) is 2.68. The van der Waals surface area contributed by atoms with Gasteiger partial charge in [-0.3, -0.25) is 4.98 Å². The Morgan fingerprint density at radius 2 is 1.97 bits per heavy atom. The van der Waals surface area contributed by atoms with Gasteiger partial charge in [-0.1, -0.05) is 19.9 Å². The first kappa shape index (κ1) is 21.7. The molecule has 2 heterocycles. The smallest absolute Gasteiger partial charge is 0.281 e. The van der Waals surface area contributed by atoms with Gasteiger partial charge in [-0.25, -0.2) is 4.39 Å². The number of piperidine rings is 1. The van der Waals surface area contributed by atoms with Crippen molar-refractivity contribution in [1.29, 1.82) is 0 Å². The predicted octanol–water partition coefficient (Wildman–Crippen LogP) is 4.04. The zero-order valence-electron chi connectivity index (χ0n) is 17.2. The van der Waals surface area contributed by atoms with E-state index in [0.717, 1.165) is 29.9 Å². The van der Waals surface area contributed by atoms with Gasteiger partial charge in [0.25, 0.3) is 10.2 Å². The normalized spacial score (nSPS) is 18.2. The Morgan fingerprint density at radius 3 is 2.66 bits per heavy atom. The standard InChI is InChI=1S/C21H29FN4O2S/c1-4-25(5-2)29(27,28)26-11-7-8-17(15-26)21-14-20(12-16(3)23-21)24-19-10-6-9-18(22)13-19/h6,9-10,12-14,17H,4-5,7-8,11,15H2,1-3H3,(H,23,24). The highest BCUT2D eigenvalue weighted by Crippen LogP contribution is 2.30. The molecule has 1 N–H and O–H groups in total. The summed E-state index contributed by atoms with van der Waals surface area (Å²) < 4.78 is 42.4. The second-order valence-electron chi connectivity index (χ2n) is 7.35. The lowest BCUT2D eigenvalue weighted by molar-refractivity contribution is 0.285. The quantitative estimate of drug-likeness (QED) is 0.734. The lowest BCUT2D eigenvalue weighted by atomic mass is 9.95. The van der Waals surface area contributed by atoms with Gasteiger partial charge in [0.1, 0.15) is 5.82 Å². The molecule has 1 saturated heterocycles. The lowest BCUT2D eigenvalue weighted by Crippen LogP contribution is -2.47. The lowest BCUT2D eigenvalue weighted by Gasteiger charge is -2.35. The van der Waals surface area contributed by atoms with Crippen molar-refractivity contribution in [3.05, 3.63) is 53.6 Å². The summed E-state index contributed by atoms with van der Waals surface area (Å²) in [5, 5.41) is 3.22. The minimum atomic E-state index is -3.46. The van der Waals surface area contributed by atoms with Gasteiger partial charge in [0.05, 0.1) is 0 Å². The molecule has 0 saturated carbocycles. The number of nitrogens with one attached hydrogen (secondary N) is 1. The third-order valence-corrected chi connectivity index (χ3v) is 7.40. The van der Waals surface area contributed by atoms with E-state index in [2.05, 4.69) is 10.3 Å². The fraction of sp³-hybridized carbons (Fsp3) is 0.476. The van der Waals surface area contributed by atoms with E-state index in [9.17, 15) is 12.8 Å². The Bertz CT molecular complexity index is 947. The van der Waals surface area contributed by atoms with Crippen LogP contribution in [0.15, 0.2) is 36.4 Å². The van der Waals surface area contributed by atoms with Gasteiger partial charge >= 0.3 is 0 Å². The van der Waals surface area contributed by atoms with Crippen LogP contribution in [0.2, 0.25) is 0 Å². The molecule has 1 aromatic carbocycles. The summed E-state index contributed by atoms with van der Waals surface area (Å²) in [4.78, 5) is 4.67. The number of rotatable bonds is 7. The van der Waals surface area contributed by atoms with Crippen molar-refractivity contribution in [3.8, 4) is 0 Å². The first-order valence-corrected chi connectivity index (χ1v) is 11.5. The maximum Gasteiger partial charge on any atom is 0.281 e. The summed E-state index contributed by atoms with van der Waals surface area (Å²) in [5.74, 6) is -0.271. The van der Waals surface area contributed by atoms with Crippen LogP contribution in [-0.2, 0) is 10.2 Å². The van der Waals surface area contributed by atoms with Crippen LogP contribution < -0.4 is 5.32 Å². The summed E-state index contributed by atoms with van der Waals surface area (Å²) in [7, 11) is -3.46. The van der Waals surface area contributed by atoms with Crippen LogP contribution in [0.3, 0.4) is 0 Å². The fourth-order valence-corrected chi connectivity index (χ4v) is 5.52. The highest BCUT2D eigenvalue weighted by molar-refractivity contribution is 7.86.